The number of aromatic nitrogens is 1. The van der Waals surface area contributed by atoms with Gasteiger partial charge in [0.2, 0.25) is 5.91 Å². The number of ether oxygens (including phenoxy) is 1. The van der Waals surface area contributed by atoms with E-state index >= 15 is 0 Å². The van der Waals surface area contributed by atoms with Gasteiger partial charge in [-0.15, -0.1) is 23.1 Å². The minimum Gasteiger partial charge on any atom is -0.453 e. The molecule has 0 spiro atoms. The van der Waals surface area contributed by atoms with Crippen LogP contribution in [0.2, 0.25) is 0 Å². The molecule has 0 radical (unpaired) electrons. The molecule has 3 aromatic rings. The van der Waals surface area contributed by atoms with Gasteiger partial charge in [-0.05, 0) is 43.0 Å². The number of carbonyl (C=O) groups is 2. The number of thiazole rings is 1. The molecular weight excluding hydrogens is 573 g/mol. The van der Waals surface area contributed by atoms with Crippen molar-refractivity contribution in [3.05, 3.63) is 87.4 Å². The average molecular weight is 603 g/mol. The number of nitrogens with zero attached hydrogens (tertiary/aromatic N) is 1. The molecule has 1 aliphatic heterocycles. The van der Waals surface area contributed by atoms with E-state index in [2.05, 4.69) is 17.6 Å². The summed E-state index contributed by atoms with van der Waals surface area (Å²) < 4.78 is 38.1. The third-order valence-electron chi connectivity index (χ3n) is 6.22. The normalized spacial score (nSPS) is 14.9. The first-order valence-corrected chi connectivity index (χ1v) is 15.7. The maximum atomic E-state index is 13.6. The first kappa shape index (κ1) is 29.6. The van der Waals surface area contributed by atoms with Crippen LogP contribution in [0.15, 0.2) is 65.6 Å². The lowest BCUT2D eigenvalue weighted by Gasteiger charge is -2.23. The number of allylic oxidation sites excluding steroid dienone is 1. The Morgan fingerprint density at radius 3 is 2.38 bits per heavy atom. The molecule has 0 saturated heterocycles. The molecule has 10 nitrogen and oxygen atoms in total. The predicted octanol–water partition coefficient (Wildman–Crippen LogP) is 4.59. The molecule has 0 unspecified atom stereocenters. The van der Waals surface area contributed by atoms with Crippen molar-refractivity contribution in [2.75, 3.05) is 17.6 Å². The van der Waals surface area contributed by atoms with E-state index in [-0.39, 0.29) is 12.1 Å². The predicted molar refractivity (Wildman–Crippen MR) is 157 cm³/mol. The number of methoxy groups -OCH3 is 1. The summed E-state index contributed by atoms with van der Waals surface area (Å²) in [4.78, 5) is 31.7. The van der Waals surface area contributed by atoms with Gasteiger partial charge in [-0.25, -0.2) is 9.78 Å². The van der Waals surface area contributed by atoms with Crippen LogP contribution in [-0.4, -0.2) is 48.9 Å². The van der Waals surface area contributed by atoms with Gasteiger partial charge in [0, 0.05) is 22.5 Å². The Hall–Kier alpha value is -3.39. The number of rotatable bonds is 11. The summed E-state index contributed by atoms with van der Waals surface area (Å²) in [5.41, 5.74) is 3.84. The topological polar surface area (TPSA) is 147 Å². The Kier molecular flexibility index (Phi) is 9.85. The third kappa shape index (κ3) is 8.31. The van der Waals surface area contributed by atoms with Crippen LogP contribution in [0, 0.1) is 0 Å². The average Bonchev–Trinajstić information content (AvgIpc) is 3.57. The minimum atomic E-state index is -4.40. The summed E-state index contributed by atoms with van der Waals surface area (Å²) in [7, 11) is -3.16. The fraction of sp³-hybridized carbons (Fsp3) is 0.296. The summed E-state index contributed by atoms with van der Waals surface area (Å²) in [6.45, 7) is 2.10. The van der Waals surface area contributed by atoms with Gasteiger partial charge in [0.05, 0.1) is 24.5 Å². The van der Waals surface area contributed by atoms with Crippen LogP contribution in [-0.2, 0) is 32.7 Å². The molecule has 212 valence electrons. The third-order valence-corrected chi connectivity index (χ3v) is 8.96. The Morgan fingerprint density at radius 1 is 1.05 bits per heavy atom. The van der Waals surface area contributed by atoms with Gasteiger partial charge < -0.3 is 15.4 Å². The summed E-state index contributed by atoms with van der Waals surface area (Å²) in [5.74, 6) is 0.615. The maximum absolute atomic E-state index is 13.6. The van der Waals surface area contributed by atoms with Gasteiger partial charge in [0.1, 0.15) is 11.0 Å². The molecule has 2 amide bonds. The van der Waals surface area contributed by atoms with Crippen LogP contribution in [0.5, 0.6) is 0 Å². The second kappa shape index (κ2) is 13.3. The second-order valence-electron chi connectivity index (χ2n) is 9.20. The lowest BCUT2D eigenvalue weighted by molar-refractivity contribution is -0.123. The Balaban J connectivity index is 1.60. The molecule has 13 heteroatoms. The highest BCUT2D eigenvalue weighted by atomic mass is 32.2. The van der Waals surface area contributed by atoms with Crippen molar-refractivity contribution in [3.8, 4) is 0 Å². The number of alkyl carbamates (subject to hydrolysis) is 1. The van der Waals surface area contributed by atoms with Crippen LogP contribution >= 0.6 is 23.1 Å². The summed E-state index contributed by atoms with van der Waals surface area (Å²) in [5, 5.41) is 8.51. The first-order chi connectivity index (χ1) is 19.1. The minimum absolute atomic E-state index is 0.202. The zero-order valence-electron chi connectivity index (χ0n) is 21.9. The number of amides is 2. The van der Waals surface area contributed by atoms with Crippen molar-refractivity contribution in [3.63, 3.8) is 0 Å². The van der Waals surface area contributed by atoms with E-state index in [1.54, 1.807) is 23.9 Å². The number of nitrogens with one attached hydrogen (secondary N) is 3. The molecular formula is C27H30N4O6S3. The van der Waals surface area contributed by atoms with Gasteiger partial charge in [0.15, 0.2) is 0 Å². The summed E-state index contributed by atoms with van der Waals surface area (Å²) in [6, 6.07) is 14.4. The van der Waals surface area contributed by atoms with E-state index in [0.29, 0.717) is 12.1 Å². The number of benzene rings is 2. The second-order valence-corrected chi connectivity index (χ2v) is 12.3. The Bertz CT molecular complexity index is 1470. The number of hydrogen-bond acceptors (Lipinski definition) is 8. The number of carbonyl (C=O) groups excluding carboxylic acids is 2. The standard InChI is InChI=1S/C27H30N4O6S3/c1-17-12-13-38-24(17)26-29-23(16-39-26)21(14-19-8-10-20(11-9-19)31-40(34,35)36)28-25(32)22(30-27(33)37-2)15-18-6-4-3-5-7-18/h3-11,16,21-22,31H,12-15H2,1-2H3,(H,28,32)(H,30,33)(H,34,35,36)/t21-,22-/m0/s1. The van der Waals surface area contributed by atoms with Crippen molar-refractivity contribution in [1.29, 1.82) is 0 Å². The SMILES string of the molecule is COC(=O)N[C@@H](Cc1ccccc1)C(=O)N[C@@H](Cc1ccc(NS(=O)(=O)O)cc1)c1csc(C2=C(C)CCS2)n1. The van der Waals surface area contributed by atoms with Crippen molar-refractivity contribution < 1.29 is 27.3 Å². The number of thioether (sulfide) groups is 1. The first-order valence-electron chi connectivity index (χ1n) is 12.4. The molecule has 2 heterocycles. The Morgan fingerprint density at radius 2 is 1.75 bits per heavy atom. The molecule has 0 fully saturated rings. The van der Waals surface area contributed by atoms with E-state index < -0.39 is 34.4 Å². The van der Waals surface area contributed by atoms with Crippen LogP contribution < -0.4 is 15.4 Å². The monoisotopic (exact) mass is 602 g/mol. The van der Waals surface area contributed by atoms with E-state index in [1.165, 1.54) is 36.2 Å². The maximum Gasteiger partial charge on any atom is 0.407 e. The fourth-order valence-corrected chi connectivity index (χ4v) is 6.97. The molecule has 4 rings (SSSR count). The summed E-state index contributed by atoms with van der Waals surface area (Å²) in [6.07, 6.45) is 0.906. The van der Waals surface area contributed by atoms with Crippen LogP contribution in [0.25, 0.3) is 4.91 Å². The molecule has 4 N–H and O–H groups in total. The van der Waals surface area contributed by atoms with E-state index in [0.717, 1.165) is 33.2 Å². The van der Waals surface area contributed by atoms with E-state index in [4.69, 9.17) is 14.3 Å². The smallest absolute Gasteiger partial charge is 0.407 e. The van der Waals surface area contributed by atoms with Crippen LogP contribution in [0.4, 0.5) is 10.5 Å². The van der Waals surface area contributed by atoms with Crippen LogP contribution in [0.1, 0.15) is 41.2 Å². The zero-order valence-corrected chi connectivity index (χ0v) is 24.4. The molecule has 1 aliphatic rings. The molecule has 0 aliphatic carbocycles. The number of hydrogen-bond donors (Lipinski definition) is 4. The van der Waals surface area contributed by atoms with Gasteiger partial charge in [-0.3, -0.25) is 14.1 Å². The van der Waals surface area contributed by atoms with E-state index in [9.17, 15) is 18.0 Å². The largest absolute Gasteiger partial charge is 0.453 e. The number of anilines is 1. The molecule has 2 atom stereocenters. The van der Waals surface area contributed by atoms with E-state index in [1.807, 2.05) is 40.4 Å². The zero-order chi connectivity index (χ0) is 28.7. The van der Waals surface area contributed by atoms with Crippen molar-refractivity contribution in [1.82, 2.24) is 15.6 Å². The van der Waals surface area contributed by atoms with Crippen LogP contribution in [0.3, 0.4) is 0 Å². The van der Waals surface area contributed by atoms with Gasteiger partial charge in [-0.1, -0.05) is 48.0 Å². The molecule has 0 bridgehead atoms. The Labute approximate surface area is 241 Å². The highest BCUT2D eigenvalue weighted by molar-refractivity contribution is 8.08. The lowest BCUT2D eigenvalue weighted by atomic mass is 10.0. The van der Waals surface area contributed by atoms with Crippen molar-refractivity contribution >= 4 is 56.0 Å². The fourth-order valence-electron chi connectivity index (χ4n) is 4.19. The summed E-state index contributed by atoms with van der Waals surface area (Å²) >= 11 is 3.29. The molecule has 2 aromatic carbocycles. The highest BCUT2D eigenvalue weighted by Gasteiger charge is 2.27. The molecule has 1 aromatic heterocycles. The molecule has 0 saturated carbocycles. The van der Waals surface area contributed by atoms with Crippen molar-refractivity contribution in [2.24, 2.45) is 0 Å². The van der Waals surface area contributed by atoms with Gasteiger partial charge >= 0.3 is 16.4 Å². The highest BCUT2D eigenvalue weighted by Crippen LogP contribution is 2.40. The lowest BCUT2D eigenvalue weighted by Crippen LogP contribution is -2.49. The quantitative estimate of drug-likeness (QED) is 0.233. The van der Waals surface area contributed by atoms with Crippen molar-refractivity contribution in [2.45, 2.75) is 38.3 Å². The van der Waals surface area contributed by atoms with Gasteiger partial charge in [0.25, 0.3) is 0 Å². The van der Waals surface area contributed by atoms with Gasteiger partial charge in [-0.2, -0.15) is 8.42 Å². The molecule has 40 heavy (non-hydrogen) atoms.